The zero-order valence-corrected chi connectivity index (χ0v) is 23.0. The Morgan fingerprint density at radius 2 is 1.92 bits per heavy atom. The van der Waals surface area contributed by atoms with E-state index in [2.05, 4.69) is 10.3 Å². The van der Waals surface area contributed by atoms with Crippen molar-refractivity contribution < 1.29 is 40.7 Å². The van der Waals surface area contributed by atoms with Crippen LogP contribution in [0.25, 0.3) is 0 Å². The number of hydrogen-bond acceptors (Lipinski definition) is 7. The highest BCUT2D eigenvalue weighted by atomic mass is 32.2. The molecule has 39 heavy (non-hydrogen) atoms. The van der Waals surface area contributed by atoms with Crippen LogP contribution in [0.4, 0.5) is 18.9 Å². The number of imidazole rings is 1. The van der Waals surface area contributed by atoms with Crippen molar-refractivity contribution in [3.05, 3.63) is 36.3 Å². The average molecular weight is 576 g/mol. The van der Waals surface area contributed by atoms with E-state index in [4.69, 9.17) is 9.47 Å². The number of alkyl halides is 3. The lowest BCUT2D eigenvalue weighted by molar-refractivity contribution is -0.150. The van der Waals surface area contributed by atoms with Crippen LogP contribution < -0.4 is 10.1 Å². The van der Waals surface area contributed by atoms with Gasteiger partial charge in [-0.15, -0.1) is 0 Å². The normalized spacial score (nSPS) is 21.9. The van der Waals surface area contributed by atoms with Crippen LogP contribution in [0, 0.1) is 5.92 Å². The molecule has 3 atom stereocenters. The summed E-state index contributed by atoms with van der Waals surface area (Å²) in [6.45, 7) is 3.43. The lowest BCUT2D eigenvalue weighted by Gasteiger charge is -2.35. The Labute approximate surface area is 224 Å². The molecule has 0 unspecified atom stereocenters. The van der Waals surface area contributed by atoms with E-state index in [0.29, 0.717) is 0 Å². The van der Waals surface area contributed by atoms with Crippen LogP contribution in [-0.4, -0.2) is 91.2 Å². The summed E-state index contributed by atoms with van der Waals surface area (Å²) in [5.41, 5.74) is -0.0405. The van der Waals surface area contributed by atoms with Gasteiger partial charge in [0.1, 0.15) is 18.8 Å². The zero-order valence-electron chi connectivity index (χ0n) is 22.2. The number of aryl methyl sites for hydroxylation is 1. The Balaban J connectivity index is 1.99. The Bertz CT molecular complexity index is 1300. The van der Waals surface area contributed by atoms with E-state index in [1.54, 1.807) is 20.9 Å². The fourth-order valence-electron chi connectivity index (χ4n) is 4.19. The van der Waals surface area contributed by atoms with E-state index in [-0.39, 0.29) is 47.6 Å². The van der Waals surface area contributed by atoms with Gasteiger partial charge in [-0.1, -0.05) is 6.92 Å². The second kappa shape index (κ2) is 11.9. The maximum absolute atomic E-state index is 13.5. The number of likely N-dealkylation sites (N-methyl/N-ethyl adjacent to an activating group) is 1. The van der Waals surface area contributed by atoms with Crippen molar-refractivity contribution in [3.63, 3.8) is 0 Å². The van der Waals surface area contributed by atoms with Gasteiger partial charge in [0.25, 0.3) is 15.9 Å². The van der Waals surface area contributed by atoms with Gasteiger partial charge in [0.05, 0.1) is 24.0 Å². The lowest BCUT2D eigenvalue weighted by Crippen LogP contribution is -2.48. The SMILES string of the molecule is CO[C@@H]1CN(C)C(=O)c2cc(NC(=O)CC(F)(F)F)ccc2OC[C@H](C)N(S(=O)(=O)c2cn(C)cn2)C[C@H]1C. The molecular weight excluding hydrogens is 543 g/mol. The number of halogens is 3. The number of sulfonamides is 1. The van der Waals surface area contributed by atoms with Crippen LogP contribution in [0.15, 0.2) is 35.7 Å². The summed E-state index contributed by atoms with van der Waals surface area (Å²) in [6.07, 6.45) is -4.16. The van der Waals surface area contributed by atoms with Crippen molar-refractivity contribution in [2.75, 3.05) is 39.2 Å². The van der Waals surface area contributed by atoms with Crippen LogP contribution in [-0.2, 0) is 26.6 Å². The molecule has 11 nitrogen and oxygen atoms in total. The minimum atomic E-state index is -4.69. The van der Waals surface area contributed by atoms with Gasteiger partial charge in [0.2, 0.25) is 5.91 Å². The summed E-state index contributed by atoms with van der Waals surface area (Å²) in [7, 11) is 0.587. The van der Waals surface area contributed by atoms with Crippen LogP contribution in [0.5, 0.6) is 5.75 Å². The van der Waals surface area contributed by atoms with Gasteiger partial charge in [0.15, 0.2) is 5.03 Å². The summed E-state index contributed by atoms with van der Waals surface area (Å²) in [4.78, 5) is 30.5. The van der Waals surface area contributed by atoms with Crippen LogP contribution in [0.1, 0.15) is 30.6 Å². The zero-order chi connectivity index (χ0) is 29.1. The molecule has 1 aliphatic heterocycles. The summed E-state index contributed by atoms with van der Waals surface area (Å²) in [6, 6.07) is 3.17. The van der Waals surface area contributed by atoms with E-state index in [0.717, 1.165) is 0 Å². The molecule has 0 bridgehead atoms. The molecule has 1 N–H and O–H groups in total. The number of fused-ring (bicyclic) bond motifs is 1. The number of benzene rings is 1. The Kier molecular flexibility index (Phi) is 9.28. The topological polar surface area (TPSA) is 123 Å². The number of methoxy groups -OCH3 is 1. The maximum Gasteiger partial charge on any atom is 0.397 e. The number of amides is 2. The second-order valence-corrected chi connectivity index (χ2v) is 11.4. The van der Waals surface area contributed by atoms with Gasteiger partial charge >= 0.3 is 6.18 Å². The number of hydrogen-bond donors (Lipinski definition) is 1. The first-order valence-corrected chi connectivity index (χ1v) is 13.5. The molecule has 216 valence electrons. The molecule has 1 aromatic heterocycles. The van der Waals surface area contributed by atoms with E-state index < -0.39 is 46.6 Å². The second-order valence-electron chi connectivity index (χ2n) is 9.60. The summed E-state index contributed by atoms with van der Waals surface area (Å²) in [5, 5.41) is 2.02. The molecule has 0 aliphatic carbocycles. The molecule has 1 aliphatic rings. The lowest BCUT2D eigenvalue weighted by atomic mass is 10.0. The summed E-state index contributed by atoms with van der Waals surface area (Å²) >= 11 is 0. The van der Waals surface area contributed by atoms with Crippen molar-refractivity contribution >= 4 is 27.5 Å². The highest BCUT2D eigenvalue weighted by Crippen LogP contribution is 2.28. The smallest absolute Gasteiger partial charge is 0.397 e. The van der Waals surface area contributed by atoms with E-state index >= 15 is 0 Å². The third-order valence-electron chi connectivity index (χ3n) is 6.29. The van der Waals surface area contributed by atoms with Crippen molar-refractivity contribution in [2.45, 2.75) is 43.6 Å². The largest absolute Gasteiger partial charge is 0.491 e. The van der Waals surface area contributed by atoms with Crippen molar-refractivity contribution in [1.82, 2.24) is 18.8 Å². The van der Waals surface area contributed by atoms with Gasteiger partial charge in [-0.05, 0) is 31.0 Å². The highest BCUT2D eigenvalue weighted by molar-refractivity contribution is 7.89. The number of ether oxygens (including phenoxy) is 2. The summed E-state index contributed by atoms with van der Waals surface area (Å²) < 4.78 is 79.2. The fraction of sp³-hybridized carbons (Fsp3) is 0.542. The molecule has 0 spiro atoms. The number of rotatable bonds is 5. The number of anilines is 1. The minimum Gasteiger partial charge on any atom is -0.491 e. The van der Waals surface area contributed by atoms with Gasteiger partial charge < -0.3 is 24.3 Å². The standard InChI is InChI=1S/C24H32F3N5O6S/c1-15-10-32(39(35,36)22-12-30(3)14-28-22)16(2)13-38-19-7-6-17(29-21(33)9-24(25,26)27)8-18(19)23(34)31(4)11-20(15)37-5/h6-8,12,14-16,20H,9-11,13H2,1-5H3,(H,29,33)/t15-,16+,20-/m1/s1. The van der Waals surface area contributed by atoms with Gasteiger partial charge in [-0.25, -0.2) is 13.4 Å². The Morgan fingerprint density at radius 3 is 2.51 bits per heavy atom. The van der Waals surface area contributed by atoms with Crippen LogP contribution >= 0.6 is 0 Å². The summed E-state index contributed by atoms with van der Waals surface area (Å²) in [5.74, 6) is -2.09. The molecule has 1 aromatic carbocycles. The number of carbonyl (C=O) groups is 2. The third kappa shape index (κ3) is 7.48. The molecule has 0 fully saturated rings. The van der Waals surface area contributed by atoms with Crippen molar-refractivity contribution in [3.8, 4) is 5.75 Å². The average Bonchev–Trinajstić information content (AvgIpc) is 3.29. The number of carbonyl (C=O) groups excluding carboxylic acids is 2. The minimum absolute atomic E-state index is 0.0169. The molecule has 2 heterocycles. The number of aromatic nitrogens is 2. The predicted octanol–water partition coefficient (Wildman–Crippen LogP) is 2.51. The highest BCUT2D eigenvalue weighted by Gasteiger charge is 2.36. The predicted molar refractivity (Wildman–Crippen MR) is 135 cm³/mol. The molecule has 0 radical (unpaired) electrons. The number of nitrogens with zero attached hydrogens (tertiary/aromatic N) is 4. The molecule has 2 aromatic rings. The third-order valence-corrected chi connectivity index (χ3v) is 8.15. The van der Waals surface area contributed by atoms with Crippen LogP contribution in [0.2, 0.25) is 0 Å². The number of nitrogens with one attached hydrogen (secondary N) is 1. The first-order chi connectivity index (χ1) is 18.1. The van der Waals surface area contributed by atoms with Gasteiger partial charge in [-0.2, -0.15) is 17.5 Å². The van der Waals surface area contributed by atoms with E-state index in [1.807, 2.05) is 0 Å². The molecule has 2 amide bonds. The fourth-order valence-corrected chi connectivity index (χ4v) is 5.87. The molecule has 0 saturated heterocycles. The van der Waals surface area contributed by atoms with Crippen LogP contribution in [0.3, 0.4) is 0 Å². The first kappa shape index (κ1) is 30.4. The van der Waals surface area contributed by atoms with E-state index in [9.17, 15) is 31.2 Å². The molecule has 3 rings (SSSR count). The van der Waals surface area contributed by atoms with Crippen molar-refractivity contribution in [1.29, 1.82) is 0 Å². The quantitative estimate of drug-likeness (QED) is 0.581. The van der Waals surface area contributed by atoms with E-state index in [1.165, 1.54) is 58.7 Å². The monoisotopic (exact) mass is 575 g/mol. The Morgan fingerprint density at radius 1 is 1.23 bits per heavy atom. The van der Waals surface area contributed by atoms with Gasteiger partial charge in [-0.3, -0.25) is 9.59 Å². The van der Waals surface area contributed by atoms with Gasteiger partial charge in [0, 0.05) is 46.2 Å². The molecule has 0 saturated carbocycles. The molecule has 15 heteroatoms. The van der Waals surface area contributed by atoms with Crippen molar-refractivity contribution in [2.24, 2.45) is 13.0 Å². The maximum atomic E-state index is 13.5. The first-order valence-electron chi connectivity index (χ1n) is 12.0. The molecular formula is C24H32F3N5O6S. The Hall–Kier alpha value is -3.17.